The standard InChI is InChI=1S/C8H17N3.ClH.Na.H/c1-4-9-8-10-6-5-7-11(2)3;;;/h4-7H2,1-3H3;1H;;. The van der Waals surface area contributed by atoms with E-state index >= 15 is 0 Å². The molecule has 0 N–H and O–H groups in total. The molecular formula is C8H19ClN3Na. The van der Waals surface area contributed by atoms with Gasteiger partial charge in [-0.3, -0.25) is 0 Å². The van der Waals surface area contributed by atoms with Crippen molar-refractivity contribution in [3.8, 4) is 0 Å². The van der Waals surface area contributed by atoms with Crippen molar-refractivity contribution in [1.29, 1.82) is 0 Å². The second-order valence-electron chi connectivity index (χ2n) is 2.61. The normalized spacial score (nSPS) is 8.00. The molecule has 5 heteroatoms. The molecule has 0 heterocycles. The van der Waals surface area contributed by atoms with E-state index in [0.29, 0.717) is 0 Å². The van der Waals surface area contributed by atoms with Crippen LogP contribution in [0.4, 0.5) is 0 Å². The molecule has 0 bridgehead atoms. The minimum atomic E-state index is 0. The third-order valence-corrected chi connectivity index (χ3v) is 1.17. The van der Waals surface area contributed by atoms with Crippen LogP contribution in [0.25, 0.3) is 0 Å². The molecule has 0 spiro atoms. The quantitative estimate of drug-likeness (QED) is 0.381. The fraction of sp³-hybridized carbons (Fsp3) is 0.875. The van der Waals surface area contributed by atoms with E-state index in [1.165, 1.54) is 0 Å². The van der Waals surface area contributed by atoms with Gasteiger partial charge in [0.1, 0.15) is 0 Å². The zero-order valence-corrected chi connectivity index (χ0v) is 8.89. The summed E-state index contributed by atoms with van der Waals surface area (Å²) in [6.07, 6.45) is 1.08. The van der Waals surface area contributed by atoms with Crippen LogP contribution >= 0.6 is 12.4 Å². The van der Waals surface area contributed by atoms with Crippen molar-refractivity contribution >= 4 is 48.0 Å². The molecule has 0 fully saturated rings. The predicted octanol–water partition coefficient (Wildman–Crippen LogP) is 0.905. The van der Waals surface area contributed by atoms with Crippen molar-refractivity contribution in [3.63, 3.8) is 0 Å². The molecule has 0 amide bonds. The van der Waals surface area contributed by atoms with Gasteiger partial charge in [-0.05, 0) is 34.0 Å². The summed E-state index contributed by atoms with van der Waals surface area (Å²) in [4.78, 5) is 9.99. The van der Waals surface area contributed by atoms with Crippen LogP contribution < -0.4 is 0 Å². The van der Waals surface area contributed by atoms with E-state index in [2.05, 4.69) is 35.0 Å². The van der Waals surface area contributed by atoms with Gasteiger partial charge in [0.15, 0.2) is 0 Å². The Hall–Kier alpha value is 0.630. The first-order valence-corrected chi connectivity index (χ1v) is 4.00. The Kier molecular flexibility index (Phi) is 22.4. The molecule has 0 aromatic carbocycles. The van der Waals surface area contributed by atoms with Gasteiger partial charge in [-0.2, -0.15) is 0 Å². The number of hydrogen-bond acceptors (Lipinski definition) is 3. The van der Waals surface area contributed by atoms with E-state index in [-0.39, 0.29) is 42.0 Å². The first-order valence-electron chi connectivity index (χ1n) is 4.00. The van der Waals surface area contributed by atoms with Gasteiger partial charge in [0.05, 0.1) is 12.6 Å². The van der Waals surface area contributed by atoms with Crippen molar-refractivity contribution in [3.05, 3.63) is 0 Å². The van der Waals surface area contributed by atoms with Crippen molar-refractivity contribution < 1.29 is 0 Å². The summed E-state index contributed by atoms with van der Waals surface area (Å²) in [6, 6.07) is 2.64. The molecular weight excluding hydrogens is 197 g/mol. The maximum absolute atomic E-state index is 3.99. The molecule has 0 aliphatic rings. The molecule has 0 rings (SSSR count). The summed E-state index contributed by atoms with van der Waals surface area (Å²) in [5, 5.41) is 0. The SMILES string of the molecule is CCN=C=NCCCN(C)C.Cl.[NaH]. The summed E-state index contributed by atoms with van der Waals surface area (Å²) in [5.74, 6) is 0. The monoisotopic (exact) mass is 215 g/mol. The minimum absolute atomic E-state index is 0. The molecule has 0 saturated carbocycles. The second kappa shape index (κ2) is 15.1. The summed E-state index contributed by atoms with van der Waals surface area (Å²) in [7, 11) is 4.12. The molecule has 0 radical (unpaired) electrons. The number of nitrogens with zero attached hydrogens (tertiary/aromatic N) is 3. The summed E-state index contributed by atoms with van der Waals surface area (Å²) in [6.45, 7) is 4.67. The third kappa shape index (κ3) is 19.2. The van der Waals surface area contributed by atoms with E-state index in [1.807, 2.05) is 6.92 Å². The predicted molar refractivity (Wildman–Crippen MR) is 62.8 cm³/mol. The van der Waals surface area contributed by atoms with E-state index in [1.54, 1.807) is 0 Å². The van der Waals surface area contributed by atoms with Crippen molar-refractivity contribution in [1.82, 2.24) is 4.90 Å². The van der Waals surface area contributed by atoms with Crippen LogP contribution in [0.2, 0.25) is 0 Å². The van der Waals surface area contributed by atoms with Gasteiger partial charge in [-0.1, -0.05) is 0 Å². The molecule has 0 atom stereocenters. The molecule has 0 aromatic heterocycles. The fourth-order valence-electron chi connectivity index (χ4n) is 0.637. The summed E-state index contributed by atoms with van der Waals surface area (Å²) >= 11 is 0. The van der Waals surface area contributed by atoms with E-state index in [0.717, 1.165) is 26.1 Å². The van der Waals surface area contributed by atoms with Crippen LogP contribution in [0, 0.1) is 0 Å². The van der Waals surface area contributed by atoms with Crippen molar-refractivity contribution in [2.75, 3.05) is 33.7 Å². The zero-order valence-electron chi connectivity index (χ0n) is 8.08. The van der Waals surface area contributed by atoms with Gasteiger partial charge in [0.2, 0.25) is 0 Å². The average molecular weight is 216 g/mol. The topological polar surface area (TPSA) is 28.0 Å². The molecule has 0 aliphatic carbocycles. The van der Waals surface area contributed by atoms with Crippen LogP contribution in [-0.4, -0.2) is 74.2 Å². The van der Waals surface area contributed by atoms with Gasteiger partial charge < -0.3 is 4.90 Å². The Morgan fingerprint density at radius 2 is 1.85 bits per heavy atom. The zero-order chi connectivity index (χ0) is 8.53. The van der Waals surface area contributed by atoms with Crippen LogP contribution in [0.5, 0.6) is 0 Å². The Balaban J connectivity index is -0.000000500. The van der Waals surface area contributed by atoms with Crippen molar-refractivity contribution in [2.24, 2.45) is 9.98 Å². The van der Waals surface area contributed by atoms with E-state index < -0.39 is 0 Å². The second-order valence-corrected chi connectivity index (χ2v) is 2.61. The Bertz CT molecular complexity index is 144. The molecule has 3 nitrogen and oxygen atoms in total. The Labute approximate surface area is 109 Å². The van der Waals surface area contributed by atoms with E-state index in [4.69, 9.17) is 0 Å². The molecule has 0 aliphatic heterocycles. The summed E-state index contributed by atoms with van der Waals surface area (Å²) in [5.41, 5.74) is 0. The van der Waals surface area contributed by atoms with Crippen LogP contribution in [-0.2, 0) is 0 Å². The first kappa shape index (κ1) is 19.2. The van der Waals surface area contributed by atoms with Gasteiger partial charge in [0, 0.05) is 6.54 Å². The number of aliphatic imine (C=N–C) groups is 2. The number of halogens is 1. The first-order chi connectivity index (χ1) is 5.27. The van der Waals surface area contributed by atoms with Gasteiger partial charge >= 0.3 is 29.6 Å². The van der Waals surface area contributed by atoms with Crippen LogP contribution in [0.3, 0.4) is 0 Å². The fourth-order valence-corrected chi connectivity index (χ4v) is 0.637. The Morgan fingerprint density at radius 3 is 2.31 bits per heavy atom. The number of hydrogen-bond donors (Lipinski definition) is 0. The summed E-state index contributed by atoms with van der Waals surface area (Å²) < 4.78 is 0. The van der Waals surface area contributed by atoms with Gasteiger partial charge in [0.25, 0.3) is 0 Å². The maximum atomic E-state index is 3.99. The third-order valence-electron chi connectivity index (χ3n) is 1.17. The van der Waals surface area contributed by atoms with Crippen LogP contribution in [0.1, 0.15) is 13.3 Å². The average Bonchev–Trinajstić information content (AvgIpc) is 1.96. The molecule has 0 aromatic rings. The van der Waals surface area contributed by atoms with Gasteiger partial charge in [-0.25, -0.2) is 9.98 Å². The van der Waals surface area contributed by atoms with Crippen molar-refractivity contribution in [2.45, 2.75) is 13.3 Å². The molecule has 74 valence electrons. The number of rotatable bonds is 5. The molecule has 13 heavy (non-hydrogen) atoms. The molecule has 0 unspecified atom stereocenters. The van der Waals surface area contributed by atoms with Gasteiger partial charge in [-0.15, -0.1) is 12.4 Å². The Morgan fingerprint density at radius 1 is 1.23 bits per heavy atom. The molecule has 0 saturated heterocycles. The van der Waals surface area contributed by atoms with E-state index in [9.17, 15) is 0 Å². The van der Waals surface area contributed by atoms with Crippen LogP contribution in [0.15, 0.2) is 9.98 Å².